The first-order valence-electron chi connectivity index (χ1n) is 7.63. The van der Waals surface area contributed by atoms with Crippen LogP contribution in [0.4, 0.5) is 8.78 Å². The van der Waals surface area contributed by atoms with Crippen molar-refractivity contribution >= 4 is 23.2 Å². The van der Waals surface area contributed by atoms with E-state index in [2.05, 4.69) is 0 Å². The molecule has 134 valence electrons. The van der Waals surface area contributed by atoms with Crippen molar-refractivity contribution in [1.82, 2.24) is 4.57 Å². The van der Waals surface area contributed by atoms with Gasteiger partial charge < -0.3 is 9.67 Å². The summed E-state index contributed by atoms with van der Waals surface area (Å²) in [4.78, 5) is 12.2. The summed E-state index contributed by atoms with van der Waals surface area (Å²) in [5, 5.41) is 11.0. The number of aliphatic hydroxyl groups excluding tert-OH is 1. The maximum absolute atomic E-state index is 13.8. The highest BCUT2D eigenvalue weighted by atomic mass is 35.5. The van der Waals surface area contributed by atoms with Crippen LogP contribution in [0.15, 0.2) is 59.7 Å². The van der Waals surface area contributed by atoms with Crippen LogP contribution in [0.5, 0.6) is 0 Å². The molecule has 0 amide bonds. The van der Waals surface area contributed by atoms with Crippen LogP contribution in [-0.2, 0) is 6.54 Å². The molecule has 0 fully saturated rings. The molecule has 0 saturated carbocycles. The fourth-order valence-corrected chi connectivity index (χ4v) is 3.25. The van der Waals surface area contributed by atoms with E-state index in [4.69, 9.17) is 23.2 Å². The van der Waals surface area contributed by atoms with Crippen molar-refractivity contribution in [2.75, 3.05) is 0 Å². The molecule has 0 spiro atoms. The molecule has 2 aromatic carbocycles. The molecule has 1 N–H and O–H groups in total. The monoisotopic (exact) mass is 395 g/mol. The van der Waals surface area contributed by atoms with Crippen molar-refractivity contribution in [3.05, 3.63) is 103 Å². The molecule has 1 aromatic heterocycles. The second-order valence-corrected chi connectivity index (χ2v) is 6.49. The zero-order chi connectivity index (χ0) is 18.8. The molecule has 7 heteroatoms. The van der Waals surface area contributed by atoms with E-state index in [1.807, 2.05) is 0 Å². The van der Waals surface area contributed by atoms with Gasteiger partial charge in [0, 0.05) is 45.2 Å². The minimum absolute atomic E-state index is 0.000697. The minimum atomic E-state index is -1.37. The molecule has 0 aliphatic carbocycles. The fraction of sp³-hybridized carbons (Fsp3) is 0.105. The number of rotatable bonds is 4. The van der Waals surface area contributed by atoms with Crippen LogP contribution in [0, 0.1) is 11.6 Å². The van der Waals surface area contributed by atoms with Crippen LogP contribution < -0.4 is 5.43 Å². The maximum atomic E-state index is 13.8. The summed E-state index contributed by atoms with van der Waals surface area (Å²) in [5.74, 6) is -1.39. The third-order valence-electron chi connectivity index (χ3n) is 3.98. The van der Waals surface area contributed by atoms with Gasteiger partial charge in [0.15, 0.2) is 5.43 Å². The van der Waals surface area contributed by atoms with Crippen molar-refractivity contribution < 1.29 is 13.9 Å². The molecule has 3 aromatic rings. The Hall–Kier alpha value is -2.21. The Morgan fingerprint density at radius 1 is 1.00 bits per heavy atom. The zero-order valence-corrected chi connectivity index (χ0v) is 14.8. The average molecular weight is 396 g/mol. The molecular formula is C19H13Cl2F2NO2. The fourth-order valence-electron chi connectivity index (χ4n) is 2.64. The minimum Gasteiger partial charge on any atom is -0.383 e. The van der Waals surface area contributed by atoms with Crippen molar-refractivity contribution in [2.24, 2.45) is 0 Å². The standard InChI is InChI=1S/C19H13Cl2F2NO2/c20-13-3-1-4-14(21)18(13)19(26)12-10-24(8-7-17(12)25)9-11-15(22)5-2-6-16(11)23/h1-8,10,19,26H,9H2. The van der Waals surface area contributed by atoms with Crippen LogP contribution in [0.1, 0.15) is 22.8 Å². The summed E-state index contributed by atoms with van der Waals surface area (Å²) in [6.45, 7) is -0.144. The number of hydrogen-bond acceptors (Lipinski definition) is 2. The summed E-state index contributed by atoms with van der Waals surface area (Å²) in [5.41, 5.74) is -0.395. The Morgan fingerprint density at radius 2 is 1.58 bits per heavy atom. The van der Waals surface area contributed by atoms with Crippen LogP contribution in [0.2, 0.25) is 10.0 Å². The lowest BCUT2D eigenvalue weighted by atomic mass is 10.0. The van der Waals surface area contributed by atoms with Crippen molar-refractivity contribution in [1.29, 1.82) is 0 Å². The van der Waals surface area contributed by atoms with E-state index >= 15 is 0 Å². The molecule has 26 heavy (non-hydrogen) atoms. The molecule has 0 radical (unpaired) electrons. The predicted molar refractivity (Wildman–Crippen MR) is 96.7 cm³/mol. The van der Waals surface area contributed by atoms with Crippen LogP contribution >= 0.6 is 23.2 Å². The van der Waals surface area contributed by atoms with Gasteiger partial charge in [0.1, 0.15) is 17.7 Å². The molecular weight excluding hydrogens is 383 g/mol. The second-order valence-electron chi connectivity index (χ2n) is 5.67. The summed E-state index contributed by atoms with van der Waals surface area (Å²) in [6.07, 6.45) is 1.35. The topological polar surface area (TPSA) is 42.2 Å². The number of aliphatic hydroxyl groups is 1. The Kier molecular flexibility index (Phi) is 5.41. The number of nitrogens with zero attached hydrogens (tertiary/aromatic N) is 1. The van der Waals surface area contributed by atoms with Gasteiger partial charge in [0.25, 0.3) is 0 Å². The maximum Gasteiger partial charge on any atom is 0.187 e. The molecule has 1 atom stereocenters. The first kappa shape index (κ1) is 18.6. The summed E-state index contributed by atoms with van der Waals surface area (Å²) in [6, 6.07) is 9.49. The lowest BCUT2D eigenvalue weighted by Gasteiger charge is -2.16. The van der Waals surface area contributed by atoms with Gasteiger partial charge in [-0.3, -0.25) is 4.79 Å². The van der Waals surface area contributed by atoms with Crippen molar-refractivity contribution in [3.63, 3.8) is 0 Å². The molecule has 0 bridgehead atoms. The second kappa shape index (κ2) is 7.58. The lowest BCUT2D eigenvalue weighted by molar-refractivity contribution is 0.218. The highest BCUT2D eigenvalue weighted by Crippen LogP contribution is 2.32. The number of aromatic nitrogens is 1. The van der Waals surface area contributed by atoms with Gasteiger partial charge in [-0.15, -0.1) is 0 Å². The average Bonchev–Trinajstić information content (AvgIpc) is 2.59. The molecule has 1 heterocycles. The Labute approximate surface area is 158 Å². The molecule has 0 aliphatic heterocycles. The Bertz CT molecular complexity index is 980. The molecule has 0 saturated heterocycles. The number of hydrogen-bond donors (Lipinski definition) is 1. The largest absolute Gasteiger partial charge is 0.383 e. The Balaban J connectivity index is 2.02. The summed E-state index contributed by atoms with van der Waals surface area (Å²) >= 11 is 12.2. The van der Waals surface area contributed by atoms with Crippen molar-refractivity contribution in [2.45, 2.75) is 12.6 Å². The zero-order valence-electron chi connectivity index (χ0n) is 13.3. The number of benzene rings is 2. The van der Waals surface area contributed by atoms with E-state index in [9.17, 15) is 18.7 Å². The van der Waals surface area contributed by atoms with E-state index in [0.717, 1.165) is 12.1 Å². The first-order chi connectivity index (χ1) is 12.4. The van der Waals surface area contributed by atoms with Gasteiger partial charge in [-0.2, -0.15) is 0 Å². The molecule has 3 rings (SSSR count). The third-order valence-corrected chi connectivity index (χ3v) is 4.64. The Morgan fingerprint density at radius 3 is 2.19 bits per heavy atom. The van der Waals surface area contributed by atoms with E-state index in [-0.39, 0.29) is 33.3 Å². The first-order valence-corrected chi connectivity index (χ1v) is 8.39. The van der Waals surface area contributed by atoms with Gasteiger partial charge in [0.2, 0.25) is 0 Å². The number of halogens is 4. The summed E-state index contributed by atoms with van der Waals surface area (Å²) < 4.78 is 29.1. The van der Waals surface area contributed by atoms with E-state index < -0.39 is 23.2 Å². The van der Waals surface area contributed by atoms with Gasteiger partial charge in [-0.1, -0.05) is 35.3 Å². The summed E-state index contributed by atoms with van der Waals surface area (Å²) in [7, 11) is 0. The molecule has 0 aliphatic rings. The number of pyridine rings is 1. The normalized spacial score (nSPS) is 12.2. The highest BCUT2D eigenvalue weighted by molar-refractivity contribution is 6.36. The van der Waals surface area contributed by atoms with Gasteiger partial charge in [-0.05, 0) is 24.3 Å². The smallest absolute Gasteiger partial charge is 0.187 e. The lowest BCUT2D eigenvalue weighted by Crippen LogP contribution is -2.17. The predicted octanol–water partition coefficient (Wildman–Crippen LogP) is 4.56. The molecule has 1 unspecified atom stereocenters. The van der Waals surface area contributed by atoms with E-state index in [0.29, 0.717) is 0 Å². The third kappa shape index (κ3) is 3.65. The van der Waals surface area contributed by atoms with Crippen LogP contribution in [0.25, 0.3) is 0 Å². The van der Waals surface area contributed by atoms with Gasteiger partial charge >= 0.3 is 0 Å². The van der Waals surface area contributed by atoms with Crippen LogP contribution in [0.3, 0.4) is 0 Å². The quantitative estimate of drug-likeness (QED) is 0.703. The highest BCUT2D eigenvalue weighted by Gasteiger charge is 2.20. The van der Waals surface area contributed by atoms with Gasteiger partial charge in [-0.25, -0.2) is 8.78 Å². The van der Waals surface area contributed by atoms with Crippen LogP contribution in [-0.4, -0.2) is 9.67 Å². The van der Waals surface area contributed by atoms with Crippen molar-refractivity contribution in [3.8, 4) is 0 Å². The molecule has 3 nitrogen and oxygen atoms in total. The van der Waals surface area contributed by atoms with E-state index in [1.54, 1.807) is 18.2 Å². The van der Waals surface area contributed by atoms with Gasteiger partial charge in [0.05, 0.1) is 6.54 Å². The SMILES string of the molecule is O=c1ccn(Cc2c(F)cccc2F)cc1C(O)c1c(Cl)cccc1Cl. The van der Waals surface area contributed by atoms with E-state index in [1.165, 1.54) is 29.1 Å².